The zero-order chi connectivity index (χ0) is 6.97. The van der Waals surface area contributed by atoms with Crippen molar-refractivity contribution in [2.45, 2.75) is 0 Å². The molecular weight excluding hydrogens is 130 g/mol. The molecule has 0 bridgehead atoms. The number of hydrogen-bond donors (Lipinski definition) is 2. The van der Waals surface area contributed by atoms with Crippen LogP contribution in [0.2, 0.25) is 0 Å². The Morgan fingerprint density at radius 3 is 3.20 bits per heavy atom. The first kappa shape index (κ1) is 5.22. The number of aromatic nitrogens is 3. The minimum Gasteiger partial charge on any atom is -0.504 e. The Morgan fingerprint density at radius 2 is 2.40 bits per heavy atom. The summed E-state index contributed by atoms with van der Waals surface area (Å²) >= 11 is 0. The zero-order valence-electron chi connectivity index (χ0n) is 5.07. The molecule has 4 nitrogen and oxygen atoms in total. The number of H-pyrrole nitrogens is 1. The summed E-state index contributed by atoms with van der Waals surface area (Å²) in [5.41, 5.74) is 1.31. The van der Waals surface area contributed by atoms with Gasteiger partial charge >= 0.3 is 0 Å². The summed E-state index contributed by atoms with van der Waals surface area (Å²) in [6.45, 7) is 0. The topological polar surface area (TPSA) is 61.8 Å². The van der Waals surface area contributed by atoms with E-state index >= 15 is 0 Å². The Bertz CT molecular complexity index is 317. The minimum atomic E-state index is 0.110. The number of nitrogens with one attached hydrogen (secondary N) is 1. The van der Waals surface area contributed by atoms with E-state index in [9.17, 15) is 0 Å². The van der Waals surface area contributed by atoms with Crippen molar-refractivity contribution in [3.63, 3.8) is 0 Å². The zero-order valence-corrected chi connectivity index (χ0v) is 5.07. The Hall–Kier alpha value is -1.58. The summed E-state index contributed by atoms with van der Waals surface area (Å²) in [6, 6.07) is 1.75. The highest BCUT2D eigenvalue weighted by molar-refractivity contribution is 5.62. The fourth-order valence-electron chi connectivity index (χ4n) is 0.853. The van der Waals surface area contributed by atoms with E-state index in [0.717, 1.165) is 5.69 Å². The number of hydrogen-bond acceptors (Lipinski definition) is 3. The molecule has 0 aromatic rings. The van der Waals surface area contributed by atoms with Crippen LogP contribution >= 0.6 is 0 Å². The Kier molecular flexibility index (Phi) is 0.887. The second-order valence-corrected chi connectivity index (χ2v) is 1.96. The third kappa shape index (κ3) is 0.556. The van der Waals surface area contributed by atoms with Crippen LogP contribution in [0.4, 0.5) is 0 Å². The number of aromatic amines is 1. The molecule has 0 aliphatic carbocycles. The monoisotopic (exact) mass is 135 g/mol. The lowest BCUT2D eigenvalue weighted by Gasteiger charge is -1.96. The quantitative estimate of drug-likeness (QED) is 0.556. The molecule has 0 saturated heterocycles. The van der Waals surface area contributed by atoms with Gasteiger partial charge in [0.1, 0.15) is 5.69 Å². The lowest BCUT2D eigenvalue weighted by Crippen LogP contribution is -1.85. The molecule has 2 rings (SSSR count). The van der Waals surface area contributed by atoms with Crippen molar-refractivity contribution in [1.29, 1.82) is 0 Å². The van der Waals surface area contributed by atoms with E-state index in [0.29, 0.717) is 5.69 Å². The number of aromatic hydroxyl groups is 1. The lowest BCUT2D eigenvalue weighted by molar-refractivity contribution is 0.471. The molecule has 0 fully saturated rings. The molecule has 0 aromatic heterocycles. The predicted octanol–water partition coefficient (Wildman–Crippen LogP) is 0.615. The van der Waals surface area contributed by atoms with Crippen molar-refractivity contribution >= 4 is 0 Å². The lowest BCUT2D eigenvalue weighted by atomic mass is 10.3. The highest BCUT2D eigenvalue weighted by Crippen LogP contribution is 2.24. The third-order valence-corrected chi connectivity index (χ3v) is 1.31. The normalized spacial score (nSPS) is 10.4. The first-order valence-corrected chi connectivity index (χ1v) is 2.85. The Balaban J connectivity index is 2.80. The van der Waals surface area contributed by atoms with Gasteiger partial charge in [-0.25, -0.2) is 0 Å². The van der Waals surface area contributed by atoms with E-state index in [1.54, 1.807) is 12.3 Å². The van der Waals surface area contributed by atoms with E-state index < -0.39 is 0 Å². The van der Waals surface area contributed by atoms with Crippen LogP contribution in [-0.4, -0.2) is 20.3 Å². The van der Waals surface area contributed by atoms with Gasteiger partial charge < -0.3 is 5.11 Å². The van der Waals surface area contributed by atoms with Crippen LogP contribution < -0.4 is 0 Å². The van der Waals surface area contributed by atoms with Crippen molar-refractivity contribution in [2.75, 3.05) is 0 Å². The fraction of sp³-hybridized carbons (Fsp3) is 0. The molecular formula is C6H5N3O. The number of nitrogens with zero attached hydrogens (tertiary/aromatic N) is 2. The molecule has 2 N–H and O–H groups in total. The van der Waals surface area contributed by atoms with Crippen LogP contribution in [0, 0.1) is 0 Å². The first-order chi connectivity index (χ1) is 4.88. The molecule has 2 aliphatic rings. The second-order valence-electron chi connectivity index (χ2n) is 1.96. The highest BCUT2D eigenvalue weighted by atomic mass is 16.3. The fourth-order valence-corrected chi connectivity index (χ4v) is 0.853. The molecule has 0 radical (unpaired) electrons. The average Bonchev–Trinajstić information content (AvgIpc) is 2.36. The summed E-state index contributed by atoms with van der Waals surface area (Å²) in [5, 5.41) is 15.5. The van der Waals surface area contributed by atoms with Crippen molar-refractivity contribution in [3.05, 3.63) is 18.5 Å². The van der Waals surface area contributed by atoms with E-state index in [1.807, 2.05) is 0 Å². The van der Waals surface area contributed by atoms with Crippen LogP contribution in [0.3, 0.4) is 0 Å². The molecule has 0 unspecified atom stereocenters. The molecule has 10 heavy (non-hydrogen) atoms. The van der Waals surface area contributed by atoms with Gasteiger partial charge in [-0.3, -0.25) is 10.1 Å². The second kappa shape index (κ2) is 1.70. The summed E-state index contributed by atoms with van der Waals surface area (Å²) < 4.78 is 0. The van der Waals surface area contributed by atoms with Crippen LogP contribution in [-0.2, 0) is 0 Å². The SMILES string of the molecule is Oc1cn[nH]c2ccnc1-2. The largest absolute Gasteiger partial charge is 0.504 e. The molecule has 0 amide bonds. The summed E-state index contributed by atoms with van der Waals surface area (Å²) in [5.74, 6) is 0.110. The van der Waals surface area contributed by atoms with Crippen LogP contribution in [0.1, 0.15) is 0 Å². The number of rotatable bonds is 0. The smallest absolute Gasteiger partial charge is 0.163 e. The molecule has 50 valence electrons. The maximum Gasteiger partial charge on any atom is 0.163 e. The van der Waals surface area contributed by atoms with E-state index in [1.165, 1.54) is 6.20 Å². The number of fused-ring (bicyclic) bond motifs is 1. The predicted molar refractivity (Wildman–Crippen MR) is 34.7 cm³/mol. The maximum atomic E-state index is 9.12. The summed E-state index contributed by atoms with van der Waals surface area (Å²) in [7, 11) is 0. The van der Waals surface area contributed by atoms with Gasteiger partial charge in [-0.2, -0.15) is 5.10 Å². The molecule has 2 aliphatic heterocycles. The van der Waals surface area contributed by atoms with Crippen molar-refractivity contribution < 1.29 is 5.11 Å². The van der Waals surface area contributed by atoms with Crippen LogP contribution in [0.25, 0.3) is 11.4 Å². The van der Waals surface area contributed by atoms with E-state index in [2.05, 4.69) is 15.2 Å². The van der Waals surface area contributed by atoms with Crippen molar-refractivity contribution in [3.8, 4) is 17.1 Å². The van der Waals surface area contributed by atoms with E-state index in [4.69, 9.17) is 5.11 Å². The van der Waals surface area contributed by atoms with Gasteiger partial charge in [-0.05, 0) is 6.07 Å². The minimum absolute atomic E-state index is 0.110. The Labute approximate surface area is 56.9 Å². The summed E-state index contributed by atoms with van der Waals surface area (Å²) in [4.78, 5) is 3.90. The van der Waals surface area contributed by atoms with E-state index in [-0.39, 0.29) is 5.75 Å². The molecule has 0 aromatic carbocycles. The van der Waals surface area contributed by atoms with Gasteiger partial charge in [0.05, 0.1) is 11.9 Å². The molecule has 0 spiro atoms. The van der Waals surface area contributed by atoms with Gasteiger partial charge in [0.25, 0.3) is 0 Å². The van der Waals surface area contributed by atoms with Crippen molar-refractivity contribution in [2.24, 2.45) is 0 Å². The van der Waals surface area contributed by atoms with Gasteiger partial charge in [-0.1, -0.05) is 0 Å². The molecule has 0 atom stereocenters. The van der Waals surface area contributed by atoms with Gasteiger partial charge in [-0.15, -0.1) is 0 Å². The van der Waals surface area contributed by atoms with Crippen LogP contribution in [0.15, 0.2) is 18.5 Å². The summed E-state index contributed by atoms with van der Waals surface area (Å²) in [6.07, 6.45) is 2.94. The molecule has 2 heterocycles. The molecule has 0 saturated carbocycles. The molecule has 4 heteroatoms. The highest BCUT2D eigenvalue weighted by Gasteiger charge is 2.07. The maximum absolute atomic E-state index is 9.12. The van der Waals surface area contributed by atoms with Gasteiger partial charge in [0.2, 0.25) is 0 Å². The average molecular weight is 135 g/mol. The van der Waals surface area contributed by atoms with Crippen molar-refractivity contribution in [1.82, 2.24) is 15.2 Å². The third-order valence-electron chi connectivity index (χ3n) is 1.31. The van der Waals surface area contributed by atoms with Gasteiger partial charge in [0, 0.05) is 6.20 Å². The van der Waals surface area contributed by atoms with Gasteiger partial charge in [0.15, 0.2) is 5.75 Å². The standard InChI is InChI=1S/C6H5N3O/c10-5-3-8-9-4-1-2-7-6(4)5/h1-3,9-10H. The first-order valence-electron chi connectivity index (χ1n) is 2.85. The van der Waals surface area contributed by atoms with Crippen LogP contribution in [0.5, 0.6) is 5.75 Å². The Morgan fingerprint density at radius 1 is 1.50 bits per heavy atom.